The van der Waals surface area contributed by atoms with E-state index in [1.54, 1.807) is 19.2 Å². The molecule has 0 heterocycles. The van der Waals surface area contributed by atoms with Crippen molar-refractivity contribution in [3.05, 3.63) is 28.8 Å². The summed E-state index contributed by atoms with van der Waals surface area (Å²) in [4.78, 5) is 0. The maximum absolute atomic E-state index is 9.94. The minimum atomic E-state index is -0.467. The van der Waals surface area contributed by atoms with Crippen molar-refractivity contribution in [1.29, 1.82) is 0 Å². The van der Waals surface area contributed by atoms with Crippen molar-refractivity contribution in [2.45, 2.75) is 25.0 Å². The van der Waals surface area contributed by atoms with Crippen LogP contribution in [0, 0.1) is 5.92 Å². The van der Waals surface area contributed by atoms with Crippen molar-refractivity contribution in [1.82, 2.24) is 0 Å². The predicted molar refractivity (Wildman–Crippen MR) is 63.7 cm³/mol. The number of aliphatic hydroxyl groups is 1. The summed E-state index contributed by atoms with van der Waals surface area (Å²) in [5.74, 6) is 0.953. The molecule has 0 spiro atoms. The van der Waals surface area contributed by atoms with Gasteiger partial charge in [-0.3, -0.25) is 0 Å². The highest BCUT2D eigenvalue weighted by Gasteiger charge is 2.34. The summed E-state index contributed by atoms with van der Waals surface area (Å²) in [5, 5.41) is 10.5. The molecule has 0 amide bonds. The molecule has 0 bridgehead atoms. The van der Waals surface area contributed by atoms with E-state index in [1.165, 1.54) is 0 Å². The minimum absolute atomic E-state index is 0.358. The molecule has 0 saturated heterocycles. The molecule has 2 rings (SSSR count). The van der Waals surface area contributed by atoms with E-state index in [0.717, 1.165) is 18.4 Å². The molecule has 3 N–H and O–H groups in total. The van der Waals surface area contributed by atoms with Crippen LogP contribution >= 0.6 is 11.6 Å². The van der Waals surface area contributed by atoms with Gasteiger partial charge in [0.15, 0.2) is 0 Å². The summed E-state index contributed by atoms with van der Waals surface area (Å²) in [6.45, 7) is 0. The molecule has 2 atom stereocenters. The van der Waals surface area contributed by atoms with Gasteiger partial charge in [-0.1, -0.05) is 17.7 Å². The Morgan fingerprint density at radius 1 is 1.50 bits per heavy atom. The van der Waals surface area contributed by atoms with E-state index in [4.69, 9.17) is 22.1 Å². The van der Waals surface area contributed by atoms with Gasteiger partial charge in [0.05, 0.1) is 24.3 Å². The van der Waals surface area contributed by atoms with Crippen LogP contribution in [0.25, 0.3) is 0 Å². The van der Waals surface area contributed by atoms with Gasteiger partial charge >= 0.3 is 0 Å². The van der Waals surface area contributed by atoms with Crippen LogP contribution in [0.5, 0.6) is 5.75 Å². The summed E-state index contributed by atoms with van der Waals surface area (Å²) in [7, 11) is 1.56. The topological polar surface area (TPSA) is 55.5 Å². The Morgan fingerprint density at radius 3 is 2.75 bits per heavy atom. The standard InChI is InChI=1S/C12H16ClNO2/c1-16-10-6-8(4-5-9(10)13)11(14)12(15)7-2-3-7/h4-7,11-12,15H,2-3,14H2,1H3/t11-,12+/m0/s1. The predicted octanol–water partition coefficient (Wildman–Crippen LogP) is 2.12. The molecule has 4 heteroatoms. The first-order chi connectivity index (χ1) is 7.63. The lowest BCUT2D eigenvalue weighted by Crippen LogP contribution is -2.27. The highest BCUT2D eigenvalue weighted by Crippen LogP contribution is 2.38. The molecule has 16 heavy (non-hydrogen) atoms. The largest absolute Gasteiger partial charge is 0.495 e. The fourth-order valence-electron chi connectivity index (χ4n) is 1.81. The maximum Gasteiger partial charge on any atom is 0.137 e. The van der Waals surface area contributed by atoms with Gasteiger partial charge in [-0.15, -0.1) is 0 Å². The zero-order valence-electron chi connectivity index (χ0n) is 9.19. The Labute approximate surface area is 100 Å². The number of halogens is 1. The third-order valence-electron chi connectivity index (χ3n) is 3.03. The normalized spacial score (nSPS) is 19.2. The Morgan fingerprint density at radius 2 is 2.19 bits per heavy atom. The molecule has 0 radical (unpaired) electrons. The van der Waals surface area contributed by atoms with Crippen LogP contribution in [-0.2, 0) is 0 Å². The third-order valence-corrected chi connectivity index (χ3v) is 3.35. The van der Waals surface area contributed by atoms with E-state index in [2.05, 4.69) is 0 Å². The van der Waals surface area contributed by atoms with Gasteiger partial charge < -0.3 is 15.6 Å². The number of methoxy groups -OCH3 is 1. The monoisotopic (exact) mass is 241 g/mol. The first-order valence-electron chi connectivity index (χ1n) is 5.40. The number of rotatable bonds is 4. The van der Waals surface area contributed by atoms with Gasteiger partial charge in [0.25, 0.3) is 0 Å². The van der Waals surface area contributed by atoms with Gasteiger partial charge in [0, 0.05) is 0 Å². The van der Waals surface area contributed by atoms with Crippen molar-refractivity contribution in [3.63, 3.8) is 0 Å². The minimum Gasteiger partial charge on any atom is -0.495 e. The van der Waals surface area contributed by atoms with E-state index in [1.807, 2.05) is 6.07 Å². The molecule has 3 nitrogen and oxygen atoms in total. The molecule has 1 saturated carbocycles. The molecule has 0 unspecified atom stereocenters. The summed E-state index contributed by atoms with van der Waals surface area (Å²) >= 11 is 5.93. The van der Waals surface area contributed by atoms with Gasteiger partial charge in [-0.25, -0.2) is 0 Å². The fourth-order valence-corrected chi connectivity index (χ4v) is 2.01. The second-order valence-electron chi connectivity index (χ2n) is 4.25. The van der Waals surface area contributed by atoms with Crippen molar-refractivity contribution in [2.24, 2.45) is 11.7 Å². The molecule has 1 aliphatic rings. The quantitative estimate of drug-likeness (QED) is 0.849. The highest BCUT2D eigenvalue weighted by atomic mass is 35.5. The van der Waals surface area contributed by atoms with Gasteiger partial charge in [0.1, 0.15) is 5.75 Å². The van der Waals surface area contributed by atoms with Crippen LogP contribution in [0.15, 0.2) is 18.2 Å². The van der Waals surface area contributed by atoms with E-state index >= 15 is 0 Å². The molecule has 0 aliphatic heterocycles. The Kier molecular flexibility index (Phi) is 3.38. The van der Waals surface area contributed by atoms with Crippen LogP contribution in [0.2, 0.25) is 5.02 Å². The number of hydrogen-bond donors (Lipinski definition) is 2. The van der Waals surface area contributed by atoms with E-state index in [-0.39, 0.29) is 6.04 Å². The Hall–Kier alpha value is -0.770. The van der Waals surface area contributed by atoms with Crippen LogP contribution in [-0.4, -0.2) is 18.3 Å². The Balaban J connectivity index is 2.18. The first kappa shape index (κ1) is 11.7. The van der Waals surface area contributed by atoms with Crippen molar-refractivity contribution < 1.29 is 9.84 Å². The summed E-state index contributed by atoms with van der Waals surface area (Å²) in [6, 6.07) is 5.01. The maximum atomic E-state index is 9.94. The van der Waals surface area contributed by atoms with Crippen LogP contribution in [0.1, 0.15) is 24.4 Å². The number of benzene rings is 1. The van der Waals surface area contributed by atoms with Crippen LogP contribution < -0.4 is 10.5 Å². The highest BCUT2D eigenvalue weighted by molar-refractivity contribution is 6.32. The fraction of sp³-hybridized carbons (Fsp3) is 0.500. The van der Waals surface area contributed by atoms with E-state index in [0.29, 0.717) is 16.7 Å². The lowest BCUT2D eigenvalue weighted by Gasteiger charge is -2.19. The average Bonchev–Trinajstić information content (AvgIpc) is 3.11. The number of nitrogens with two attached hydrogens (primary N) is 1. The molecule has 1 aromatic carbocycles. The van der Waals surface area contributed by atoms with Gasteiger partial charge in [0.2, 0.25) is 0 Å². The van der Waals surface area contributed by atoms with Crippen molar-refractivity contribution >= 4 is 11.6 Å². The smallest absolute Gasteiger partial charge is 0.137 e. The Bertz CT molecular complexity index is 379. The average molecular weight is 242 g/mol. The van der Waals surface area contributed by atoms with Gasteiger partial charge in [-0.05, 0) is 36.5 Å². The van der Waals surface area contributed by atoms with Crippen LogP contribution in [0.4, 0.5) is 0 Å². The van der Waals surface area contributed by atoms with Crippen LogP contribution in [0.3, 0.4) is 0 Å². The zero-order valence-corrected chi connectivity index (χ0v) is 9.95. The summed E-state index contributed by atoms with van der Waals surface area (Å²) in [6.07, 6.45) is 1.67. The summed E-state index contributed by atoms with van der Waals surface area (Å²) < 4.78 is 5.12. The molecule has 1 aromatic rings. The second-order valence-corrected chi connectivity index (χ2v) is 4.65. The molecular weight excluding hydrogens is 226 g/mol. The zero-order chi connectivity index (χ0) is 11.7. The molecular formula is C12H16ClNO2. The number of aliphatic hydroxyl groups excluding tert-OH is 1. The molecule has 88 valence electrons. The third kappa shape index (κ3) is 2.32. The SMILES string of the molecule is COc1cc([C@H](N)[C@H](O)C2CC2)ccc1Cl. The van der Waals surface area contributed by atoms with E-state index < -0.39 is 6.10 Å². The summed E-state index contributed by atoms with van der Waals surface area (Å²) in [5.41, 5.74) is 6.87. The lowest BCUT2D eigenvalue weighted by atomic mass is 9.99. The molecule has 0 aromatic heterocycles. The second kappa shape index (κ2) is 4.62. The van der Waals surface area contributed by atoms with Crippen molar-refractivity contribution in [3.8, 4) is 5.75 Å². The molecule has 1 aliphatic carbocycles. The number of ether oxygens (including phenoxy) is 1. The van der Waals surface area contributed by atoms with Gasteiger partial charge in [-0.2, -0.15) is 0 Å². The molecule has 1 fully saturated rings. The first-order valence-corrected chi connectivity index (χ1v) is 5.78. The lowest BCUT2D eigenvalue weighted by molar-refractivity contribution is 0.122. The number of hydrogen-bond acceptors (Lipinski definition) is 3. The van der Waals surface area contributed by atoms with E-state index in [9.17, 15) is 5.11 Å². The van der Waals surface area contributed by atoms with Crippen molar-refractivity contribution in [2.75, 3.05) is 7.11 Å².